The number of halogens is 1. The van der Waals surface area contributed by atoms with Crippen molar-refractivity contribution in [3.63, 3.8) is 0 Å². The van der Waals surface area contributed by atoms with Gasteiger partial charge in [0.2, 0.25) is 0 Å². The van der Waals surface area contributed by atoms with E-state index < -0.39 is 0 Å². The van der Waals surface area contributed by atoms with Crippen LogP contribution in [0, 0.1) is 0 Å². The van der Waals surface area contributed by atoms with Crippen LogP contribution >= 0.6 is 27.3 Å². The second-order valence-electron chi connectivity index (χ2n) is 4.03. The molecule has 0 bridgehead atoms. The molecule has 1 atom stereocenters. The third-order valence-electron chi connectivity index (χ3n) is 2.93. The summed E-state index contributed by atoms with van der Waals surface area (Å²) in [5.41, 5.74) is 7.28. The van der Waals surface area contributed by atoms with Crippen LogP contribution in [0.5, 0.6) is 0 Å². The van der Waals surface area contributed by atoms with Gasteiger partial charge in [-0.2, -0.15) is 0 Å². The maximum Gasteiger partial charge on any atom is 0.0352 e. The molecule has 0 fully saturated rings. The maximum absolute atomic E-state index is 5.72. The van der Waals surface area contributed by atoms with Crippen LogP contribution in [0.4, 0.5) is 0 Å². The molecular formula is C11H16BrNS. The summed E-state index contributed by atoms with van der Waals surface area (Å²) in [7, 11) is 0. The fourth-order valence-corrected chi connectivity index (χ4v) is 4.52. The summed E-state index contributed by atoms with van der Waals surface area (Å²) in [6.45, 7) is 2.96. The Morgan fingerprint density at radius 1 is 1.43 bits per heavy atom. The van der Waals surface area contributed by atoms with E-state index in [4.69, 9.17) is 5.73 Å². The van der Waals surface area contributed by atoms with Gasteiger partial charge in [-0.15, -0.1) is 11.3 Å². The first-order chi connectivity index (χ1) is 6.74. The van der Waals surface area contributed by atoms with E-state index in [1.54, 1.807) is 10.4 Å². The lowest BCUT2D eigenvalue weighted by Gasteiger charge is -2.10. The Balaban J connectivity index is 2.38. The number of hydrogen-bond acceptors (Lipinski definition) is 2. The topological polar surface area (TPSA) is 26.0 Å². The molecule has 1 aromatic heterocycles. The predicted molar refractivity (Wildman–Crippen MR) is 66.1 cm³/mol. The molecule has 2 N–H and O–H groups in total. The minimum Gasteiger partial charge on any atom is -0.330 e. The summed E-state index contributed by atoms with van der Waals surface area (Å²) in [6.07, 6.45) is 5.23. The minimum atomic E-state index is 0.500. The normalized spacial score (nSPS) is 17.9. The van der Waals surface area contributed by atoms with Crippen LogP contribution in [-0.4, -0.2) is 6.54 Å². The quantitative estimate of drug-likeness (QED) is 0.878. The van der Waals surface area contributed by atoms with Gasteiger partial charge in [0.05, 0.1) is 0 Å². The van der Waals surface area contributed by atoms with Gasteiger partial charge in [0.15, 0.2) is 0 Å². The molecule has 0 saturated heterocycles. The summed E-state index contributed by atoms with van der Waals surface area (Å²) in [5.74, 6) is 0.500. The van der Waals surface area contributed by atoms with Crippen molar-refractivity contribution in [3.05, 3.63) is 19.8 Å². The number of thiophene rings is 1. The summed E-state index contributed by atoms with van der Waals surface area (Å²) in [6, 6.07) is 0. The highest BCUT2D eigenvalue weighted by molar-refractivity contribution is 9.10. The molecule has 1 unspecified atom stereocenters. The van der Waals surface area contributed by atoms with Crippen LogP contribution in [0.2, 0.25) is 0 Å². The number of aryl methyl sites for hydroxylation is 1. The molecule has 0 spiro atoms. The van der Waals surface area contributed by atoms with E-state index in [2.05, 4.69) is 22.9 Å². The van der Waals surface area contributed by atoms with E-state index in [9.17, 15) is 0 Å². The number of nitrogens with two attached hydrogens (primary N) is 1. The fraction of sp³-hybridized carbons (Fsp3) is 0.636. The van der Waals surface area contributed by atoms with Gasteiger partial charge < -0.3 is 5.73 Å². The molecule has 0 saturated carbocycles. The molecule has 1 aromatic rings. The second-order valence-corrected chi connectivity index (χ2v) is 5.96. The summed E-state index contributed by atoms with van der Waals surface area (Å²) < 4.78 is 1.36. The molecular weight excluding hydrogens is 258 g/mol. The lowest BCUT2D eigenvalue weighted by molar-refractivity contribution is 0.693. The van der Waals surface area contributed by atoms with Gasteiger partial charge in [0.1, 0.15) is 0 Å². The van der Waals surface area contributed by atoms with Crippen LogP contribution in [0.3, 0.4) is 0 Å². The number of fused-ring (bicyclic) bond motifs is 1. The average Bonchev–Trinajstić information content (AvgIpc) is 2.56. The standard InChI is InChI=1S/C11H16BrNS/c1-7(6-13)11-10(12)8-4-2-3-5-9(8)14-11/h7H,2-6,13H2,1H3. The van der Waals surface area contributed by atoms with Crippen LogP contribution in [0.1, 0.15) is 41.0 Å². The van der Waals surface area contributed by atoms with Gasteiger partial charge in [-0.05, 0) is 53.7 Å². The smallest absolute Gasteiger partial charge is 0.0352 e. The molecule has 2 rings (SSSR count). The highest BCUT2D eigenvalue weighted by atomic mass is 79.9. The Bertz CT molecular complexity index is 332. The van der Waals surface area contributed by atoms with Crippen molar-refractivity contribution in [2.24, 2.45) is 5.73 Å². The molecule has 0 amide bonds. The molecule has 78 valence electrons. The molecule has 1 aliphatic rings. The van der Waals surface area contributed by atoms with E-state index in [1.807, 2.05) is 11.3 Å². The largest absolute Gasteiger partial charge is 0.330 e. The SMILES string of the molecule is CC(CN)c1sc2c(c1Br)CCCC2. The molecule has 0 radical (unpaired) electrons. The second kappa shape index (κ2) is 4.33. The third-order valence-corrected chi connectivity index (χ3v) is 5.62. The van der Waals surface area contributed by atoms with Gasteiger partial charge in [-0.3, -0.25) is 0 Å². The van der Waals surface area contributed by atoms with Crippen molar-refractivity contribution in [1.82, 2.24) is 0 Å². The first-order valence-electron chi connectivity index (χ1n) is 5.24. The maximum atomic E-state index is 5.72. The Morgan fingerprint density at radius 3 is 2.79 bits per heavy atom. The first-order valence-corrected chi connectivity index (χ1v) is 6.85. The van der Waals surface area contributed by atoms with E-state index >= 15 is 0 Å². The van der Waals surface area contributed by atoms with Crippen LogP contribution in [0.15, 0.2) is 4.47 Å². The molecule has 1 nitrogen and oxygen atoms in total. The van der Waals surface area contributed by atoms with Crippen molar-refractivity contribution in [2.75, 3.05) is 6.54 Å². The lowest BCUT2D eigenvalue weighted by Crippen LogP contribution is -2.07. The van der Waals surface area contributed by atoms with Gasteiger partial charge in [-0.25, -0.2) is 0 Å². The molecule has 3 heteroatoms. The monoisotopic (exact) mass is 273 g/mol. The Labute approximate surface area is 97.8 Å². The average molecular weight is 274 g/mol. The third kappa shape index (κ3) is 1.77. The summed E-state index contributed by atoms with van der Waals surface area (Å²) in [4.78, 5) is 3.05. The lowest BCUT2D eigenvalue weighted by atomic mass is 9.98. The van der Waals surface area contributed by atoms with Gasteiger partial charge in [-0.1, -0.05) is 6.92 Å². The minimum absolute atomic E-state index is 0.500. The molecule has 0 aliphatic heterocycles. The van der Waals surface area contributed by atoms with Gasteiger partial charge >= 0.3 is 0 Å². The molecule has 0 aromatic carbocycles. The van der Waals surface area contributed by atoms with Crippen molar-refractivity contribution < 1.29 is 0 Å². The van der Waals surface area contributed by atoms with Crippen LogP contribution in [0.25, 0.3) is 0 Å². The molecule has 1 heterocycles. The molecule has 1 aliphatic carbocycles. The van der Waals surface area contributed by atoms with E-state index in [0.29, 0.717) is 5.92 Å². The van der Waals surface area contributed by atoms with E-state index in [-0.39, 0.29) is 0 Å². The Kier molecular flexibility index (Phi) is 3.30. The van der Waals surface area contributed by atoms with Gasteiger partial charge in [0.25, 0.3) is 0 Å². The van der Waals surface area contributed by atoms with Crippen molar-refractivity contribution in [3.8, 4) is 0 Å². The predicted octanol–water partition coefficient (Wildman–Crippen LogP) is 3.45. The fourth-order valence-electron chi connectivity index (χ4n) is 1.97. The number of hydrogen-bond donors (Lipinski definition) is 1. The zero-order chi connectivity index (χ0) is 10.1. The first kappa shape index (κ1) is 10.7. The highest BCUT2D eigenvalue weighted by Gasteiger charge is 2.21. The molecule has 14 heavy (non-hydrogen) atoms. The number of rotatable bonds is 2. The van der Waals surface area contributed by atoms with Crippen molar-refractivity contribution in [2.45, 2.75) is 38.5 Å². The zero-order valence-corrected chi connectivity index (χ0v) is 10.9. The van der Waals surface area contributed by atoms with Crippen LogP contribution in [-0.2, 0) is 12.8 Å². The Morgan fingerprint density at radius 2 is 2.14 bits per heavy atom. The van der Waals surface area contributed by atoms with Gasteiger partial charge in [0, 0.05) is 20.1 Å². The van der Waals surface area contributed by atoms with Crippen molar-refractivity contribution >= 4 is 27.3 Å². The highest BCUT2D eigenvalue weighted by Crippen LogP contribution is 2.41. The van der Waals surface area contributed by atoms with E-state index in [1.165, 1.54) is 35.0 Å². The summed E-state index contributed by atoms with van der Waals surface area (Å²) in [5, 5.41) is 0. The zero-order valence-electron chi connectivity index (χ0n) is 8.48. The summed E-state index contributed by atoms with van der Waals surface area (Å²) >= 11 is 5.70. The van der Waals surface area contributed by atoms with Crippen molar-refractivity contribution in [1.29, 1.82) is 0 Å². The Hall–Kier alpha value is 0.140. The van der Waals surface area contributed by atoms with E-state index in [0.717, 1.165) is 6.54 Å². The van der Waals surface area contributed by atoms with Crippen LogP contribution < -0.4 is 5.73 Å².